The molecule has 0 atom stereocenters. The van der Waals surface area contributed by atoms with Gasteiger partial charge in [-0.05, 0) is 269 Å². The maximum Gasteiger partial charge on any atom is 0.187 e. The summed E-state index contributed by atoms with van der Waals surface area (Å²) < 4.78 is 20.8. The Morgan fingerprint density at radius 3 is 0.986 bits per heavy atom. The number of hydrogen-bond acceptors (Lipinski definition) is 28. The normalized spacial score (nSPS) is 10.9. The van der Waals surface area contributed by atoms with Crippen molar-refractivity contribution in [3.63, 3.8) is 0 Å². The average molecular weight is 2050 g/mol. The number of methoxy groups -OCH3 is 1. The molecule has 33 heteroatoms. The van der Waals surface area contributed by atoms with Gasteiger partial charge >= 0.3 is 0 Å². The predicted molar refractivity (Wildman–Crippen MR) is 617 cm³/mol. The molecule has 7 aromatic carbocycles. The second kappa shape index (κ2) is 48.1. The summed E-state index contributed by atoms with van der Waals surface area (Å²) in [5.41, 5.74) is 34.2. The van der Waals surface area contributed by atoms with E-state index < -0.39 is 0 Å². The number of imidazole rings is 5. The van der Waals surface area contributed by atoms with Crippen LogP contribution < -0.4 is 50.8 Å². The number of pyridine rings is 3. The fourth-order valence-corrected chi connectivity index (χ4v) is 20.1. The van der Waals surface area contributed by atoms with Gasteiger partial charge < -0.3 is 59.9 Å². The average Bonchev–Trinajstić information content (AvgIpc) is 1.62. The predicted octanol–water partition coefficient (Wildman–Crippen LogP) is 29.5. The van der Waals surface area contributed by atoms with Crippen LogP contribution in [0, 0.1) is 69.2 Å². The molecule has 13 heterocycles. The Morgan fingerprint density at radius 1 is 0.336 bits per heavy atom. The van der Waals surface area contributed by atoms with Gasteiger partial charge in [-0.2, -0.15) is 0 Å². The van der Waals surface area contributed by atoms with E-state index in [-0.39, 0.29) is 7.13 Å². The maximum atomic E-state index is 5.67. The minimum absolute atomic E-state index is 0. The molecule has 0 aliphatic rings. The minimum atomic E-state index is 0. The van der Waals surface area contributed by atoms with Crippen molar-refractivity contribution >= 4 is 128 Å². The first-order valence-corrected chi connectivity index (χ1v) is 52.8. The maximum absolute atomic E-state index is 5.67. The third-order valence-electron chi connectivity index (χ3n) is 24.8. The molecule has 20 aromatic rings. The summed E-state index contributed by atoms with van der Waals surface area (Å²) in [5, 5.41) is 32.1. The molecule has 0 aliphatic heterocycles. The van der Waals surface area contributed by atoms with Gasteiger partial charge in [0.25, 0.3) is 0 Å². The van der Waals surface area contributed by atoms with Crippen LogP contribution in [0.1, 0.15) is 123 Å². The van der Waals surface area contributed by atoms with E-state index in [1.54, 1.807) is 114 Å². The highest BCUT2D eigenvalue weighted by Crippen LogP contribution is 2.41. The van der Waals surface area contributed by atoms with Crippen LogP contribution >= 0.6 is 56.7 Å². The quantitative estimate of drug-likeness (QED) is 0.0270. The van der Waals surface area contributed by atoms with Crippen molar-refractivity contribution in [1.82, 2.24) is 87.6 Å². The van der Waals surface area contributed by atoms with Gasteiger partial charge in [-0.15, -0.1) is 56.7 Å². The van der Waals surface area contributed by atoms with Crippen molar-refractivity contribution in [2.24, 2.45) is 0 Å². The van der Waals surface area contributed by atoms with Gasteiger partial charge in [-0.25, -0.2) is 64.8 Å². The zero-order valence-corrected chi connectivity index (χ0v) is 90.0. The van der Waals surface area contributed by atoms with Gasteiger partial charge in [0.15, 0.2) is 25.7 Å². The molecule has 13 aromatic heterocycles. The molecule has 0 amide bonds. The molecule has 0 saturated heterocycles. The van der Waals surface area contributed by atoms with Crippen LogP contribution in [0.3, 0.4) is 0 Å². The number of thiazole rings is 5. The Hall–Kier alpha value is -15.8. The monoisotopic (exact) mass is 2040 g/mol. The Labute approximate surface area is 881 Å². The van der Waals surface area contributed by atoms with E-state index in [2.05, 4.69) is 324 Å². The lowest BCUT2D eigenvalue weighted by atomic mass is 9.99. The second-order valence-corrected chi connectivity index (χ2v) is 39.7. The SMILES string of the molecule is CCN(C)c1cc(Nc2nc(-c3ccc(-n4ccnc4)cc3)cs2)c(C)cc1C.CCN(C)c1cc(Nc2nc(-c3ccc(-n4cnc(C)c4)cc3)cs2)c(C)cc1C.CCN(CC)c1cc(Nc2nc(-c3ccc(-n4ccnc4)nc3)cs2)c(C)cc1C.CCOc1cc(C)c(Nc2nc(-c3ccc(-n4ccnc4)nc3)cs2)cc1C.COc1cc(C)c(Nc2nc(-c3ccc(-n4ccnc4)nc3)cs2)cc1C(C)C.[HH].[HH].[HH].[HH].[HH]. The molecule has 20 rings (SSSR count). The first-order chi connectivity index (χ1) is 70.8. The molecule has 0 radical (unpaired) electrons. The molecular formula is C113H132N26O2S5. The van der Waals surface area contributed by atoms with Gasteiger partial charge in [0.05, 0.1) is 60.5 Å². The van der Waals surface area contributed by atoms with Gasteiger partial charge in [-0.1, -0.05) is 56.3 Å². The van der Waals surface area contributed by atoms with Gasteiger partial charge in [0, 0.05) is 233 Å². The van der Waals surface area contributed by atoms with Crippen LogP contribution in [-0.2, 0) is 0 Å². The molecule has 146 heavy (non-hydrogen) atoms. The Kier molecular flexibility index (Phi) is 33.9. The highest BCUT2D eigenvalue weighted by molar-refractivity contribution is 7.15. The van der Waals surface area contributed by atoms with E-state index in [9.17, 15) is 0 Å². The number of aromatic nitrogens is 18. The Balaban J connectivity index is 0.000000177. The molecule has 5 N–H and O–H groups in total. The van der Waals surface area contributed by atoms with Crippen LogP contribution in [-0.4, -0.2) is 142 Å². The highest BCUT2D eigenvalue weighted by atomic mass is 32.1. The van der Waals surface area contributed by atoms with Crippen LogP contribution in [0.5, 0.6) is 11.5 Å². The summed E-state index contributed by atoms with van der Waals surface area (Å²) in [5.74, 6) is 4.72. The third kappa shape index (κ3) is 25.5. The molecule has 0 saturated carbocycles. The first kappa shape index (κ1) is 103. The minimum Gasteiger partial charge on any atom is -0.496 e. The number of ether oxygens (including phenoxy) is 2. The fraction of sp³-hybridized carbons (Fsp3) is 0.230. The number of aryl methyl sites for hydroxylation is 10. The number of benzene rings is 7. The highest BCUT2D eigenvalue weighted by Gasteiger charge is 2.21. The number of rotatable bonds is 31. The Bertz CT molecular complexity index is 7660. The number of nitrogens with zero attached hydrogens (tertiary/aromatic N) is 21. The van der Waals surface area contributed by atoms with Crippen molar-refractivity contribution in [2.45, 2.75) is 124 Å². The summed E-state index contributed by atoms with van der Waals surface area (Å²) in [6.07, 6.45) is 30.9. The number of anilines is 13. The fourth-order valence-electron chi connectivity index (χ4n) is 16.4. The van der Waals surface area contributed by atoms with Gasteiger partial charge in [-0.3, -0.25) is 13.7 Å². The second-order valence-electron chi connectivity index (χ2n) is 35.4. The largest absolute Gasteiger partial charge is 0.496 e. The lowest BCUT2D eigenvalue weighted by Gasteiger charge is -2.24. The molecule has 0 bridgehead atoms. The number of nitrogens with one attached hydrogen (secondary N) is 5. The van der Waals surface area contributed by atoms with E-state index in [0.717, 1.165) is 199 Å². The molecule has 0 aliphatic carbocycles. The molecule has 28 nitrogen and oxygen atoms in total. The summed E-state index contributed by atoms with van der Waals surface area (Å²) in [7, 11) is 5.96. The van der Waals surface area contributed by atoms with Crippen molar-refractivity contribution in [1.29, 1.82) is 0 Å². The summed E-state index contributed by atoms with van der Waals surface area (Å²) in [4.78, 5) is 64.8. The zero-order valence-electron chi connectivity index (χ0n) is 85.9. The molecule has 756 valence electrons. The van der Waals surface area contributed by atoms with Crippen LogP contribution in [0.2, 0.25) is 0 Å². The van der Waals surface area contributed by atoms with Crippen molar-refractivity contribution in [3.8, 4) is 96.6 Å². The molecular weight excluding hydrogens is 1910 g/mol. The van der Waals surface area contributed by atoms with E-state index in [4.69, 9.17) is 34.4 Å². The van der Waals surface area contributed by atoms with E-state index >= 15 is 0 Å². The van der Waals surface area contributed by atoms with Crippen LogP contribution in [0.4, 0.5) is 71.2 Å². The van der Waals surface area contributed by atoms with Crippen molar-refractivity contribution < 1.29 is 16.6 Å². The van der Waals surface area contributed by atoms with Gasteiger partial charge in [0.2, 0.25) is 0 Å². The van der Waals surface area contributed by atoms with E-state index in [0.29, 0.717) is 12.5 Å². The molecule has 0 unspecified atom stereocenters. The molecule has 0 fully saturated rings. The third-order valence-corrected chi connectivity index (χ3v) is 28.6. The topological polar surface area (TPSA) is 281 Å². The molecule has 0 spiro atoms. The van der Waals surface area contributed by atoms with Crippen molar-refractivity contribution in [2.75, 3.05) is 95.3 Å². The lowest BCUT2D eigenvalue weighted by molar-refractivity contribution is 0.337. The van der Waals surface area contributed by atoms with E-state index in [1.807, 2.05) is 140 Å². The summed E-state index contributed by atoms with van der Waals surface area (Å²) in [6, 6.07) is 50.5. The Morgan fingerprint density at radius 2 is 0.664 bits per heavy atom. The van der Waals surface area contributed by atoms with Crippen LogP contribution in [0.25, 0.3) is 85.1 Å². The first-order valence-electron chi connectivity index (χ1n) is 48.4. The van der Waals surface area contributed by atoms with E-state index in [1.165, 1.54) is 56.0 Å². The van der Waals surface area contributed by atoms with Crippen molar-refractivity contribution in [3.05, 3.63) is 340 Å². The summed E-state index contributed by atoms with van der Waals surface area (Å²) in [6.45, 7) is 40.7. The smallest absolute Gasteiger partial charge is 0.187 e. The van der Waals surface area contributed by atoms with Gasteiger partial charge in [0.1, 0.15) is 47.9 Å². The lowest BCUT2D eigenvalue weighted by Crippen LogP contribution is -2.22. The standard InChI is InChI=1S/C24H27N5S.C23H26N6S.C23H25N5S.C22H23N5OS.C21H21N5OS.5H2/c1-6-28(5)23-12-21(16(2)11-17(23)3)26-24-27-22(14-30-24)19-7-9-20(10-8-19)29-13-18(4)25-15-29;1-5-28(6-2)21-12-19(16(3)11-17(21)4)26-23-27-20(14-30-23)18-7-8-22(25-13-18)29-10-9-24-15-29;1-5-27(4)22-13-20(16(2)12-17(22)3)25-23-26-21(14-29-23)18-6-8-19(9-7-18)28-11-10-24-15-28;1-14(2)17-10-18(15(3)9-20(17)28-4)25-22-26-19(12-29-22)16-5-6-21(24-11-16)27-8-7-23-13-27;1-4-27-19-10-14(2)17(9-15(19)3)24-21-25-18(12-28-21)16-5-6-20(23-11-16)26-8-7-22-13-26;;;;;/h7-15H,6H2,1-5H3,(H,26,27);7-15H,5-6H2,1-4H3,(H,26,27);6-15H,5H2,1-4H3,(H,25,26);5-14H,1-4H3,(H,25,26);5-13H,4H2,1-3H3,(H,24,25);5*1H. The summed E-state index contributed by atoms with van der Waals surface area (Å²) >= 11 is 8.00. The van der Waals surface area contributed by atoms with Crippen LogP contribution in [0.15, 0.2) is 278 Å². The number of hydrogen-bond donors (Lipinski definition) is 5. The zero-order chi connectivity index (χ0) is 103.